The van der Waals surface area contributed by atoms with Gasteiger partial charge in [-0.1, -0.05) is 39.0 Å². The smallest absolute Gasteiger partial charge is 1.00 e. The number of nitrogens with one attached hydrogen (secondary N) is 2. The minimum Gasteiger partial charge on any atom is -1.00 e. The first-order valence-electron chi connectivity index (χ1n) is 11.8. The van der Waals surface area contributed by atoms with Crippen LogP contribution in [-0.2, 0) is 6.42 Å². The summed E-state index contributed by atoms with van der Waals surface area (Å²) in [6.07, 6.45) is 17.1. The number of H-pyrrole nitrogens is 2. The van der Waals surface area contributed by atoms with Crippen LogP contribution in [0, 0.1) is 0 Å². The molecule has 5 heteroatoms. The summed E-state index contributed by atoms with van der Waals surface area (Å²) in [7, 11) is 0. The first-order valence-corrected chi connectivity index (χ1v) is 11.8. The fourth-order valence-corrected chi connectivity index (χ4v) is 4.38. The third kappa shape index (κ3) is 6.04. The molecule has 0 saturated carbocycles. The van der Waals surface area contributed by atoms with Crippen LogP contribution < -0.4 is 0 Å². The molecule has 2 aliphatic heterocycles. The van der Waals surface area contributed by atoms with Crippen molar-refractivity contribution in [2.75, 3.05) is 0 Å². The SMILES string of the molecule is CCCCCCCCc1cc2cc3ccc(cc4nc(cc5nc(cc1[nH]2)C=C5)C=C4)[nH]3.[H-].[H-].[Mg+2]. The molecule has 0 aromatic carbocycles. The quantitative estimate of drug-likeness (QED) is 0.201. The van der Waals surface area contributed by atoms with Crippen molar-refractivity contribution in [3.05, 3.63) is 70.8 Å². The molecular formula is C28H32MgN4. The molecule has 0 unspecified atom stereocenters. The molecule has 2 N–H and O–H groups in total. The molecule has 5 rings (SSSR count). The van der Waals surface area contributed by atoms with Crippen molar-refractivity contribution in [3.8, 4) is 0 Å². The van der Waals surface area contributed by atoms with E-state index < -0.39 is 0 Å². The predicted octanol–water partition coefficient (Wildman–Crippen LogP) is 7.40. The molecule has 3 aromatic rings. The van der Waals surface area contributed by atoms with Crippen molar-refractivity contribution in [2.24, 2.45) is 0 Å². The molecule has 4 nitrogen and oxygen atoms in total. The van der Waals surface area contributed by atoms with Crippen molar-refractivity contribution in [2.45, 2.75) is 51.9 Å². The average molecular weight is 449 g/mol. The number of nitrogens with zero attached hydrogens (tertiary/aromatic N) is 2. The fraction of sp³-hybridized carbons (Fsp3) is 0.286. The monoisotopic (exact) mass is 448 g/mol. The first kappa shape index (κ1) is 23.5. The number of hydrogen-bond acceptors (Lipinski definition) is 2. The van der Waals surface area contributed by atoms with Gasteiger partial charge < -0.3 is 12.8 Å². The molecule has 0 aliphatic carbocycles. The van der Waals surface area contributed by atoms with Gasteiger partial charge in [-0.25, -0.2) is 9.97 Å². The van der Waals surface area contributed by atoms with E-state index in [2.05, 4.69) is 65.4 Å². The Labute approximate surface area is 214 Å². The Hall–Kier alpha value is -2.63. The second-order valence-corrected chi connectivity index (χ2v) is 8.72. The van der Waals surface area contributed by atoms with E-state index >= 15 is 0 Å². The number of rotatable bonds is 7. The summed E-state index contributed by atoms with van der Waals surface area (Å²) in [4.78, 5) is 16.6. The van der Waals surface area contributed by atoms with Crippen LogP contribution in [-0.4, -0.2) is 43.0 Å². The molecule has 166 valence electrons. The number of aromatic nitrogens is 4. The van der Waals surface area contributed by atoms with E-state index in [-0.39, 0.29) is 25.9 Å². The van der Waals surface area contributed by atoms with Gasteiger partial charge in [-0.05, 0) is 85.2 Å². The number of aryl methyl sites for hydroxylation is 1. The Balaban J connectivity index is 0.00000144. The van der Waals surface area contributed by atoms with Crippen molar-refractivity contribution < 1.29 is 2.85 Å². The molecule has 0 spiro atoms. The summed E-state index contributed by atoms with van der Waals surface area (Å²) < 4.78 is 0. The van der Waals surface area contributed by atoms with Gasteiger partial charge in [-0.15, -0.1) is 0 Å². The minimum atomic E-state index is 0. The Morgan fingerprint density at radius 3 is 1.97 bits per heavy atom. The summed E-state index contributed by atoms with van der Waals surface area (Å²) in [5.41, 5.74) is 9.55. The maximum absolute atomic E-state index is 4.79. The van der Waals surface area contributed by atoms with Crippen molar-refractivity contribution in [1.82, 2.24) is 19.9 Å². The summed E-state index contributed by atoms with van der Waals surface area (Å²) >= 11 is 0. The van der Waals surface area contributed by atoms with Crippen LogP contribution >= 0.6 is 0 Å². The molecule has 0 fully saturated rings. The van der Waals surface area contributed by atoms with E-state index in [9.17, 15) is 0 Å². The van der Waals surface area contributed by atoms with Crippen molar-refractivity contribution >= 4 is 69.4 Å². The molecule has 5 heterocycles. The van der Waals surface area contributed by atoms with Gasteiger partial charge in [0, 0.05) is 22.1 Å². The number of unbranched alkanes of at least 4 members (excludes halogenated alkanes) is 5. The minimum absolute atomic E-state index is 0. The van der Waals surface area contributed by atoms with Crippen molar-refractivity contribution in [3.63, 3.8) is 0 Å². The zero-order chi connectivity index (χ0) is 21.8. The zero-order valence-corrected chi connectivity index (χ0v) is 20.8. The van der Waals surface area contributed by atoms with E-state index in [1.165, 1.54) is 44.1 Å². The fourth-order valence-electron chi connectivity index (χ4n) is 4.38. The Morgan fingerprint density at radius 1 is 0.636 bits per heavy atom. The van der Waals surface area contributed by atoms with Crippen LogP contribution in [0.15, 0.2) is 42.5 Å². The number of hydrogen-bond donors (Lipinski definition) is 2. The van der Waals surface area contributed by atoms with Gasteiger partial charge in [0.1, 0.15) is 0 Å². The number of fused-ring (bicyclic) bond motifs is 8. The van der Waals surface area contributed by atoms with E-state index in [1.807, 2.05) is 18.2 Å². The van der Waals surface area contributed by atoms with Crippen LogP contribution in [0.3, 0.4) is 0 Å². The molecule has 0 atom stereocenters. The van der Waals surface area contributed by atoms with Gasteiger partial charge in [0.25, 0.3) is 0 Å². The predicted molar refractivity (Wildman–Crippen MR) is 144 cm³/mol. The van der Waals surface area contributed by atoms with E-state index in [0.717, 1.165) is 51.3 Å². The molecule has 0 saturated heterocycles. The molecule has 2 aliphatic rings. The Morgan fingerprint density at radius 2 is 1.24 bits per heavy atom. The molecule has 33 heavy (non-hydrogen) atoms. The third-order valence-electron chi connectivity index (χ3n) is 6.05. The maximum Gasteiger partial charge on any atom is 2.00 e. The van der Waals surface area contributed by atoms with Crippen LogP contribution in [0.25, 0.3) is 46.4 Å². The molecule has 8 bridgehead atoms. The van der Waals surface area contributed by atoms with Crippen molar-refractivity contribution in [1.29, 1.82) is 0 Å². The first-order chi connectivity index (χ1) is 15.7. The molecule has 0 amide bonds. The van der Waals surface area contributed by atoms with Gasteiger partial charge in [-0.3, -0.25) is 0 Å². The average Bonchev–Trinajstić information content (AvgIpc) is 3.56. The van der Waals surface area contributed by atoms with Gasteiger partial charge in [0.15, 0.2) is 0 Å². The van der Waals surface area contributed by atoms with Crippen LogP contribution in [0.2, 0.25) is 0 Å². The molecule has 3 aromatic heterocycles. The molecular weight excluding hydrogens is 417 g/mol. The standard InChI is InChI=1S/C28H30N4.Mg.2H/c1-2-3-4-5-6-7-8-20-15-27-18-25-12-11-23(30-25)16-21-9-10-22(29-21)17-24-13-14-26(31-24)19-28(20)32-27;;;/h9-19,30,32H,2-8H2,1H3;;;/q;+2;2*-1. The summed E-state index contributed by atoms with van der Waals surface area (Å²) in [5.74, 6) is 0. The van der Waals surface area contributed by atoms with Gasteiger partial charge >= 0.3 is 23.1 Å². The zero-order valence-electron chi connectivity index (χ0n) is 21.4. The summed E-state index contributed by atoms with van der Waals surface area (Å²) in [6, 6.07) is 15.0. The number of aromatic amines is 2. The summed E-state index contributed by atoms with van der Waals surface area (Å²) in [5, 5.41) is 0. The van der Waals surface area contributed by atoms with E-state index in [1.54, 1.807) is 0 Å². The Kier molecular flexibility index (Phi) is 7.83. The largest absolute Gasteiger partial charge is 2.00 e. The van der Waals surface area contributed by atoms with Gasteiger partial charge in [-0.2, -0.15) is 0 Å². The second-order valence-electron chi connectivity index (χ2n) is 8.72. The third-order valence-corrected chi connectivity index (χ3v) is 6.05. The molecule has 0 radical (unpaired) electrons. The maximum atomic E-state index is 4.79. The van der Waals surface area contributed by atoms with E-state index in [0.29, 0.717) is 0 Å². The summed E-state index contributed by atoms with van der Waals surface area (Å²) in [6.45, 7) is 2.27. The topological polar surface area (TPSA) is 57.4 Å². The van der Waals surface area contributed by atoms with Gasteiger partial charge in [0.05, 0.1) is 22.8 Å². The van der Waals surface area contributed by atoms with Gasteiger partial charge in [0.2, 0.25) is 0 Å². The van der Waals surface area contributed by atoms with Crippen LogP contribution in [0.5, 0.6) is 0 Å². The normalized spacial score (nSPS) is 12.2. The Bertz CT molecular complexity index is 1340. The van der Waals surface area contributed by atoms with Crippen LogP contribution in [0.4, 0.5) is 0 Å². The van der Waals surface area contributed by atoms with Crippen LogP contribution in [0.1, 0.15) is 76.6 Å². The van der Waals surface area contributed by atoms with E-state index in [4.69, 9.17) is 9.97 Å². The second kappa shape index (κ2) is 11.0.